The van der Waals surface area contributed by atoms with E-state index in [0.717, 1.165) is 5.56 Å². The SMILES string of the molecule is COc1ccc(NC(=O)C2=C(C)NC(=O)NC2c2cccc(OC)c2)cc1. The number of amides is 3. The molecule has 0 spiro atoms. The maximum absolute atomic E-state index is 13.0. The molecule has 1 aliphatic rings. The van der Waals surface area contributed by atoms with Gasteiger partial charge in [0.05, 0.1) is 25.8 Å². The lowest BCUT2D eigenvalue weighted by Crippen LogP contribution is -2.45. The molecule has 1 unspecified atom stereocenters. The molecule has 7 heteroatoms. The van der Waals surface area contributed by atoms with Crippen LogP contribution in [0.3, 0.4) is 0 Å². The first-order valence-corrected chi connectivity index (χ1v) is 8.39. The zero-order valence-corrected chi connectivity index (χ0v) is 15.3. The third-order valence-electron chi connectivity index (χ3n) is 4.29. The number of hydrogen-bond acceptors (Lipinski definition) is 4. The number of hydrogen-bond donors (Lipinski definition) is 3. The summed E-state index contributed by atoms with van der Waals surface area (Å²) in [6, 6.07) is 13.3. The molecule has 1 aliphatic heterocycles. The van der Waals surface area contributed by atoms with Crippen molar-refractivity contribution in [3.8, 4) is 11.5 Å². The first kappa shape index (κ1) is 18.3. The van der Waals surface area contributed by atoms with Crippen molar-refractivity contribution < 1.29 is 19.1 Å². The summed E-state index contributed by atoms with van der Waals surface area (Å²) in [6.07, 6.45) is 0. The summed E-state index contributed by atoms with van der Waals surface area (Å²) in [6.45, 7) is 1.70. The fourth-order valence-corrected chi connectivity index (χ4v) is 2.94. The minimum absolute atomic E-state index is 0.307. The van der Waals surface area contributed by atoms with Gasteiger partial charge in [-0.25, -0.2) is 4.79 Å². The number of anilines is 1. The van der Waals surface area contributed by atoms with Crippen LogP contribution in [0.25, 0.3) is 0 Å². The average molecular weight is 367 g/mol. The first-order chi connectivity index (χ1) is 13.0. The Balaban J connectivity index is 1.91. The van der Waals surface area contributed by atoms with Crippen LogP contribution in [0.2, 0.25) is 0 Å². The quantitative estimate of drug-likeness (QED) is 0.758. The number of methoxy groups -OCH3 is 2. The number of urea groups is 1. The molecule has 1 atom stereocenters. The van der Waals surface area contributed by atoms with Gasteiger partial charge in [0, 0.05) is 11.4 Å². The Morgan fingerprint density at radius 1 is 1.04 bits per heavy atom. The van der Waals surface area contributed by atoms with Crippen molar-refractivity contribution in [2.75, 3.05) is 19.5 Å². The normalized spacial score (nSPS) is 16.3. The summed E-state index contributed by atoms with van der Waals surface area (Å²) in [4.78, 5) is 24.9. The Labute approximate surface area is 157 Å². The summed E-state index contributed by atoms with van der Waals surface area (Å²) >= 11 is 0. The fraction of sp³-hybridized carbons (Fsp3) is 0.200. The minimum atomic E-state index is -0.591. The maximum atomic E-state index is 13.0. The van der Waals surface area contributed by atoms with Crippen LogP contribution < -0.4 is 25.4 Å². The van der Waals surface area contributed by atoms with Crippen molar-refractivity contribution in [3.05, 3.63) is 65.4 Å². The molecule has 1 heterocycles. The molecular weight excluding hydrogens is 346 g/mol. The third kappa shape index (κ3) is 4.03. The molecule has 140 valence electrons. The molecule has 7 nitrogen and oxygen atoms in total. The van der Waals surface area contributed by atoms with Crippen molar-refractivity contribution >= 4 is 17.6 Å². The Hall–Kier alpha value is -3.48. The van der Waals surface area contributed by atoms with Crippen LogP contribution in [0.4, 0.5) is 10.5 Å². The minimum Gasteiger partial charge on any atom is -0.497 e. The van der Waals surface area contributed by atoms with Crippen molar-refractivity contribution in [2.45, 2.75) is 13.0 Å². The lowest BCUT2D eigenvalue weighted by Gasteiger charge is -2.28. The summed E-state index contributed by atoms with van der Waals surface area (Å²) in [5, 5.41) is 8.33. The van der Waals surface area contributed by atoms with Gasteiger partial charge < -0.3 is 25.4 Å². The molecular formula is C20H21N3O4. The maximum Gasteiger partial charge on any atom is 0.319 e. The number of ether oxygens (including phenoxy) is 2. The molecule has 0 radical (unpaired) electrons. The van der Waals surface area contributed by atoms with E-state index in [0.29, 0.717) is 28.5 Å². The van der Waals surface area contributed by atoms with E-state index >= 15 is 0 Å². The van der Waals surface area contributed by atoms with E-state index in [1.54, 1.807) is 57.5 Å². The molecule has 3 rings (SSSR count). The molecule has 2 aromatic carbocycles. The predicted octanol–water partition coefficient (Wildman–Crippen LogP) is 2.97. The van der Waals surface area contributed by atoms with Crippen molar-refractivity contribution in [1.82, 2.24) is 10.6 Å². The highest BCUT2D eigenvalue weighted by Crippen LogP contribution is 2.30. The molecule has 27 heavy (non-hydrogen) atoms. The van der Waals surface area contributed by atoms with E-state index in [-0.39, 0.29) is 11.9 Å². The molecule has 0 bridgehead atoms. The van der Waals surface area contributed by atoms with Gasteiger partial charge in [-0.3, -0.25) is 4.79 Å². The van der Waals surface area contributed by atoms with Crippen LogP contribution in [-0.4, -0.2) is 26.2 Å². The van der Waals surface area contributed by atoms with Crippen LogP contribution in [0.1, 0.15) is 18.5 Å². The van der Waals surface area contributed by atoms with E-state index < -0.39 is 6.04 Å². The monoisotopic (exact) mass is 367 g/mol. The summed E-state index contributed by atoms with van der Waals surface area (Å²) < 4.78 is 10.4. The standard InChI is InChI=1S/C20H21N3O4/c1-12-17(19(24)22-14-7-9-15(26-2)10-8-14)18(23-20(25)21-12)13-5-4-6-16(11-13)27-3/h4-11,18H,1-3H3,(H,22,24)(H2,21,23,25). The average Bonchev–Trinajstić information content (AvgIpc) is 2.67. The Morgan fingerprint density at radius 3 is 2.41 bits per heavy atom. The van der Waals surface area contributed by atoms with Gasteiger partial charge in [-0.1, -0.05) is 12.1 Å². The first-order valence-electron chi connectivity index (χ1n) is 8.39. The van der Waals surface area contributed by atoms with Crippen LogP contribution in [-0.2, 0) is 4.79 Å². The highest BCUT2D eigenvalue weighted by molar-refractivity contribution is 6.06. The van der Waals surface area contributed by atoms with E-state index in [2.05, 4.69) is 16.0 Å². The zero-order chi connectivity index (χ0) is 19.4. The summed E-state index contributed by atoms with van der Waals surface area (Å²) in [5.41, 5.74) is 2.31. The van der Waals surface area contributed by atoms with Crippen molar-refractivity contribution in [2.24, 2.45) is 0 Å². The Bertz CT molecular complexity index is 890. The largest absolute Gasteiger partial charge is 0.497 e. The van der Waals surface area contributed by atoms with Crippen LogP contribution in [0.5, 0.6) is 11.5 Å². The lowest BCUT2D eigenvalue weighted by molar-refractivity contribution is -0.113. The molecule has 3 N–H and O–H groups in total. The third-order valence-corrected chi connectivity index (χ3v) is 4.29. The van der Waals surface area contributed by atoms with Gasteiger partial charge in [-0.05, 0) is 48.9 Å². The number of allylic oxidation sites excluding steroid dienone is 1. The van der Waals surface area contributed by atoms with Gasteiger partial charge in [0.1, 0.15) is 11.5 Å². The van der Waals surface area contributed by atoms with E-state index in [4.69, 9.17) is 9.47 Å². The number of benzene rings is 2. The highest BCUT2D eigenvalue weighted by Gasteiger charge is 2.31. The number of carbonyl (C=O) groups excluding carboxylic acids is 2. The van der Waals surface area contributed by atoms with E-state index in [9.17, 15) is 9.59 Å². The van der Waals surface area contributed by atoms with Gasteiger partial charge in [0.2, 0.25) is 0 Å². The number of rotatable bonds is 5. The molecule has 0 saturated carbocycles. The Morgan fingerprint density at radius 2 is 1.74 bits per heavy atom. The second-order valence-corrected chi connectivity index (χ2v) is 6.03. The summed E-state index contributed by atoms with van der Waals surface area (Å²) in [7, 11) is 3.15. The van der Waals surface area contributed by atoms with Gasteiger partial charge in [0.15, 0.2) is 0 Å². The predicted molar refractivity (Wildman–Crippen MR) is 102 cm³/mol. The highest BCUT2D eigenvalue weighted by atomic mass is 16.5. The number of carbonyl (C=O) groups is 2. The zero-order valence-electron chi connectivity index (χ0n) is 15.3. The molecule has 0 aliphatic carbocycles. The van der Waals surface area contributed by atoms with Gasteiger partial charge in [-0.2, -0.15) is 0 Å². The van der Waals surface area contributed by atoms with Crippen LogP contribution in [0, 0.1) is 0 Å². The van der Waals surface area contributed by atoms with Gasteiger partial charge >= 0.3 is 6.03 Å². The van der Waals surface area contributed by atoms with Gasteiger partial charge in [-0.15, -0.1) is 0 Å². The van der Waals surface area contributed by atoms with E-state index in [1.807, 2.05) is 12.1 Å². The smallest absolute Gasteiger partial charge is 0.319 e. The van der Waals surface area contributed by atoms with Crippen LogP contribution in [0.15, 0.2) is 59.8 Å². The van der Waals surface area contributed by atoms with E-state index in [1.165, 1.54) is 0 Å². The van der Waals surface area contributed by atoms with Crippen LogP contribution >= 0.6 is 0 Å². The number of nitrogens with one attached hydrogen (secondary N) is 3. The lowest BCUT2D eigenvalue weighted by atomic mass is 9.94. The second kappa shape index (κ2) is 7.82. The van der Waals surface area contributed by atoms with Crippen molar-refractivity contribution in [3.63, 3.8) is 0 Å². The summed E-state index contributed by atoms with van der Waals surface area (Å²) in [5.74, 6) is 1.04. The second-order valence-electron chi connectivity index (χ2n) is 6.03. The van der Waals surface area contributed by atoms with Gasteiger partial charge in [0.25, 0.3) is 5.91 Å². The molecule has 3 amide bonds. The molecule has 0 aromatic heterocycles. The Kier molecular flexibility index (Phi) is 5.30. The fourth-order valence-electron chi connectivity index (χ4n) is 2.94. The molecule has 0 fully saturated rings. The topological polar surface area (TPSA) is 88.7 Å². The molecule has 2 aromatic rings. The molecule has 0 saturated heterocycles. The van der Waals surface area contributed by atoms with Crippen molar-refractivity contribution in [1.29, 1.82) is 0 Å².